The first-order valence-electron chi connectivity index (χ1n) is 7.90. The Morgan fingerprint density at radius 3 is 2.00 bits per heavy atom. The van der Waals surface area contributed by atoms with Gasteiger partial charge in [-0.1, -0.05) is 66.7 Å². The zero-order chi connectivity index (χ0) is 15.7. The van der Waals surface area contributed by atoms with Crippen LogP contribution in [0.5, 0.6) is 0 Å². The topological polar surface area (TPSA) is 21.3 Å². The summed E-state index contributed by atoms with van der Waals surface area (Å²) in [7, 11) is 0. The van der Waals surface area contributed by atoms with Gasteiger partial charge in [-0.15, -0.1) is 6.58 Å². The maximum Gasteiger partial charge on any atom is 0.119 e. The summed E-state index contributed by atoms with van der Waals surface area (Å²) >= 11 is 0. The summed E-state index contributed by atoms with van der Waals surface area (Å²) in [6.45, 7) is 8.16. The van der Waals surface area contributed by atoms with Crippen molar-refractivity contribution < 1.29 is 4.74 Å². The molecule has 0 spiro atoms. The van der Waals surface area contributed by atoms with Gasteiger partial charge in [-0.05, 0) is 31.0 Å². The van der Waals surface area contributed by atoms with Gasteiger partial charge in [0.25, 0.3) is 0 Å². The van der Waals surface area contributed by atoms with E-state index >= 15 is 0 Å². The molecule has 0 atom stereocenters. The van der Waals surface area contributed by atoms with Gasteiger partial charge >= 0.3 is 0 Å². The van der Waals surface area contributed by atoms with Gasteiger partial charge in [-0.25, -0.2) is 0 Å². The highest BCUT2D eigenvalue weighted by Crippen LogP contribution is 2.36. The lowest BCUT2D eigenvalue weighted by atomic mass is 9.83. The zero-order valence-electron chi connectivity index (χ0n) is 13.3. The first kappa shape index (κ1) is 16.5. The second-order valence-corrected chi connectivity index (χ2v) is 5.23. The van der Waals surface area contributed by atoms with E-state index in [4.69, 9.17) is 4.74 Å². The average Bonchev–Trinajstić information content (AvgIpc) is 2.59. The maximum absolute atomic E-state index is 6.32. The van der Waals surface area contributed by atoms with Crippen molar-refractivity contribution in [2.24, 2.45) is 0 Å². The van der Waals surface area contributed by atoms with Gasteiger partial charge in [-0.3, -0.25) is 0 Å². The van der Waals surface area contributed by atoms with Crippen LogP contribution >= 0.6 is 0 Å². The predicted octanol–water partition coefficient (Wildman–Crippen LogP) is 4.13. The lowest BCUT2D eigenvalue weighted by Crippen LogP contribution is -2.35. The lowest BCUT2D eigenvalue weighted by Gasteiger charge is -2.35. The van der Waals surface area contributed by atoms with Crippen LogP contribution in [0.25, 0.3) is 0 Å². The van der Waals surface area contributed by atoms with E-state index in [9.17, 15) is 0 Å². The van der Waals surface area contributed by atoms with Crippen molar-refractivity contribution >= 4 is 0 Å². The van der Waals surface area contributed by atoms with E-state index in [2.05, 4.69) is 67.4 Å². The Labute approximate surface area is 133 Å². The Morgan fingerprint density at radius 2 is 1.55 bits per heavy atom. The van der Waals surface area contributed by atoms with E-state index in [0.717, 1.165) is 19.5 Å². The molecule has 0 heterocycles. The van der Waals surface area contributed by atoms with E-state index in [0.29, 0.717) is 6.61 Å². The monoisotopic (exact) mass is 295 g/mol. The van der Waals surface area contributed by atoms with Gasteiger partial charge in [0, 0.05) is 13.2 Å². The molecule has 1 N–H and O–H groups in total. The molecule has 2 rings (SSSR count). The Bertz CT molecular complexity index is 511. The largest absolute Gasteiger partial charge is 0.366 e. The molecule has 2 aromatic rings. The van der Waals surface area contributed by atoms with E-state index in [1.165, 1.54) is 11.1 Å². The molecular formula is C20H25NO. The molecule has 0 amide bonds. The van der Waals surface area contributed by atoms with Gasteiger partial charge in [-0.2, -0.15) is 0 Å². The molecule has 0 aliphatic rings. The molecule has 0 radical (unpaired) electrons. The molecule has 0 fully saturated rings. The number of hydrogen-bond donors (Lipinski definition) is 1. The van der Waals surface area contributed by atoms with Crippen LogP contribution in [0.2, 0.25) is 0 Å². The van der Waals surface area contributed by atoms with E-state index in [1.807, 2.05) is 18.2 Å². The van der Waals surface area contributed by atoms with Crippen LogP contribution < -0.4 is 5.32 Å². The van der Waals surface area contributed by atoms with Crippen molar-refractivity contribution in [3.8, 4) is 0 Å². The van der Waals surface area contributed by atoms with Crippen molar-refractivity contribution in [1.29, 1.82) is 0 Å². The predicted molar refractivity (Wildman–Crippen MR) is 93.0 cm³/mol. The van der Waals surface area contributed by atoms with Crippen LogP contribution in [0.15, 0.2) is 73.3 Å². The highest BCUT2D eigenvalue weighted by atomic mass is 16.5. The molecule has 2 heteroatoms. The highest BCUT2D eigenvalue weighted by molar-refractivity contribution is 5.36. The molecule has 116 valence electrons. The van der Waals surface area contributed by atoms with Crippen LogP contribution in [0.4, 0.5) is 0 Å². The molecule has 0 aromatic heterocycles. The van der Waals surface area contributed by atoms with Crippen molar-refractivity contribution in [2.45, 2.75) is 18.9 Å². The van der Waals surface area contributed by atoms with Crippen molar-refractivity contribution in [3.05, 3.63) is 84.4 Å². The Kier molecular flexibility index (Phi) is 6.38. The average molecular weight is 295 g/mol. The highest BCUT2D eigenvalue weighted by Gasteiger charge is 2.34. The third kappa shape index (κ3) is 3.85. The number of nitrogens with one attached hydrogen (secondary N) is 1. The zero-order valence-corrected chi connectivity index (χ0v) is 13.3. The fraction of sp³-hybridized carbons (Fsp3) is 0.300. The molecule has 0 aliphatic carbocycles. The molecule has 0 saturated carbocycles. The summed E-state index contributed by atoms with van der Waals surface area (Å²) in [6, 6.07) is 21.0. The van der Waals surface area contributed by atoms with Crippen LogP contribution in [0, 0.1) is 0 Å². The van der Waals surface area contributed by atoms with Crippen LogP contribution in [-0.2, 0) is 10.3 Å². The molecule has 0 saturated heterocycles. The van der Waals surface area contributed by atoms with Crippen molar-refractivity contribution in [1.82, 2.24) is 5.32 Å². The van der Waals surface area contributed by atoms with E-state index in [-0.39, 0.29) is 0 Å². The van der Waals surface area contributed by atoms with Crippen molar-refractivity contribution in [2.75, 3.05) is 19.7 Å². The SMILES string of the molecule is C=CCNCCC(OCC)(c1ccccc1)c1ccccc1. The molecule has 0 unspecified atom stereocenters. The second-order valence-electron chi connectivity index (χ2n) is 5.23. The molecule has 2 aromatic carbocycles. The van der Waals surface area contributed by atoms with Gasteiger partial charge in [0.2, 0.25) is 0 Å². The summed E-state index contributed by atoms with van der Waals surface area (Å²) in [5.41, 5.74) is 1.98. The number of benzene rings is 2. The summed E-state index contributed by atoms with van der Waals surface area (Å²) < 4.78 is 6.32. The third-order valence-corrected chi connectivity index (χ3v) is 3.81. The molecule has 0 bridgehead atoms. The Morgan fingerprint density at radius 1 is 1.00 bits per heavy atom. The van der Waals surface area contributed by atoms with E-state index < -0.39 is 5.60 Å². The van der Waals surface area contributed by atoms with E-state index in [1.54, 1.807) is 0 Å². The minimum absolute atomic E-state index is 0.411. The number of ether oxygens (including phenoxy) is 1. The smallest absolute Gasteiger partial charge is 0.119 e. The van der Waals surface area contributed by atoms with Gasteiger partial charge < -0.3 is 10.1 Å². The summed E-state index contributed by atoms with van der Waals surface area (Å²) in [6.07, 6.45) is 2.76. The summed E-state index contributed by atoms with van der Waals surface area (Å²) in [5, 5.41) is 3.39. The van der Waals surface area contributed by atoms with Crippen LogP contribution in [0.3, 0.4) is 0 Å². The van der Waals surface area contributed by atoms with Crippen LogP contribution in [0.1, 0.15) is 24.5 Å². The summed E-state index contributed by atoms with van der Waals surface area (Å²) in [4.78, 5) is 0. The minimum atomic E-state index is -0.411. The standard InChI is InChI=1S/C20H25NO/c1-3-16-21-17-15-20(22-4-2,18-11-7-5-8-12-18)19-13-9-6-10-14-19/h3,5-14,21H,1,4,15-17H2,2H3. The fourth-order valence-electron chi connectivity index (χ4n) is 2.82. The van der Waals surface area contributed by atoms with Gasteiger partial charge in [0.15, 0.2) is 0 Å². The lowest BCUT2D eigenvalue weighted by molar-refractivity contribution is -0.0171. The molecule has 22 heavy (non-hydrogen) atoms. The fourth-order valence-corrected chi connectivity index (χ4v) is 2.82. The number of rotatable bonds is 9. The molecule has 2 nitrogen and oxygen atoms in total. The van der Waals surface area contributed by atoms with Gasteiger partial charge in [0.05, 0.1) is 0 Å². The van der Waals surface area contributed by atoms with Crippen molar-refractivity contribution in [3.63, 3.8) is 0 Å². The Balaban J connectivity index is 2.38. The Hall–Kier alpha value is -1.90. The quantitative estimate of drug-likeness (QED) is 0.555. The normalized spacial score (nSPS) is 11.3. The molecule has 0 aliphatic heterocycles. The maximum atomic E-state index is 6.32. The first-order valence-corrected chi connectivity index (χ1v) is 7.90. The third-order valence-electron chi connectivity index (χ3n) is 3.81. The minimum Gasteiger partial charge on any atom is -0.366 e. The second kappa shape index (κ2) is 8.52. The number of hydrogen-bond acceptors (Lipinski definition) is 2. The summed E-state index contributed by atoms with van der Waals surface area (Å²) in [5.74, 6) is 0. The van der Waals surface area contributed by atoms with Crippen LogP contribution in [-0.4, -0.2) is 19.7 Å². The first-order chi connectivity index (χ1) is 10.8. The van der Waals surface area contributed by atoms with Gasteiger partial charge in [0.1, 0.15) is 5.60 Å². The molecular weight excluding hydrogens is 270 g/mol.